The fourth-order valence-corrected chi connectivity index (χ4v) is 2.26. The molecule has 0 aliphatic carbocycles. The highest BCUT2D eigenvalue weighted by Gasteiger charge is 2.18. The van der Waals surface area contributed by atoms with Crippen LogP contribution in [0.5, 0.6) is 5.75 Å². The second kappa shape index (κ2) is 5.77. The summed E-state index contributed by atoms with van der Waals surface area (Å²) in [5, 5.41) is 19.5. The third-order valence-corrected chi connectivity index (χ3v) is 3.54. The molecule has 0 heterocycles. The Labute approximate surface area is 119 Å². The van der Waals surface area contributed by atoms with Gasteiger partial charge in [-0.2, -0.15) is 5.26 Å². The quantitative estimate of drug-likeness (QED) is 0.928. The number of hydrogen-bond acceptors (Lipinski definition) is 3. The average Bonchev–Trinajstić information content (AvgIpc) is 2.49. The first-order valence-electron chi connectivity index (χ1n) is 6.40. The van der Waals surface area contributed by atoms with E-state index in [0.717, 1.165) is 11.1 Å². The SMILES string of the molecule is COc1c(C(O)c2cccc(C#N)c2)ccc(C)c1C. The van der Waals surface area contributed by atoms with E-state index >= 15 is 0 Å². The maximum atomic E-state index is 10.5. The number of aliphatic hydroxyl groups excluding tert-OH is 1. The zero-order valence-electron chi connectivity index (χ0n) is 11.8. The van der Waals surface area contributed by atoms with Gasteiger partial charge in [0.2, 0.25) is 0 Å². The largest absolute Gasteiger partial charge is 0.496 e. The lowest BCUT2D eigenvalue weighted by atomic mass is 9.95. The van der Waals surface area contributed by atoms with E-state index in [4.69, 9.17) is 10.00 Å². The molecule has 0 fully saturated rings. The highest BCUT2D eigenvalue weighted by molar-refractivity contribution is 5.49. The topological polar surface area (TPSA) is 53.2 Å². The molecular formula is C17H17NO2. The van der Waals surface area contributed by atoms with Gasteiger partial charge in [-0.05, 0) is 42.7 Å². The number of aliphatic hydroxyl groups is 1. The van der Waals surface area contributed by atoms with Crippen LogP contribution in [0.2, 0.25) is 0 Å². The Balaban J connectivity index is 2.51. The first-order valence-corrected chi connectivity index (χ1v) is 6.40. The number of methoxy groups -OCH3 is 1. The maximum Gasteiger partial charge on any atom is 0.128 e. The predicted molar refractivity (Wildman–Crippen MR) is 77.7 cm³/mol. The minimum Gasteiger partial charge on any atom is -0.496 e. The Morgan fingerprint density at radius 3 is 2.60 bits per heavy atom. The van der Waals surface area contributed by atoms with Gasteiger partial charge in [-0.3, -0.25) is 0 Å². The summed E-state index contributed by atoms with van der Waals surface area (Å²) in [6.07, 6.45) is -0.808. The number of nitriles is 1. The van der Waals surface area contributed by atoms with Crippen molar-refractivity contribution in [2.75, 3.05) is 7.11 Å². The van der Waals surface area contributed by atoms with Gasteiger partial charge < -0.3 is 9.84 Å². The van der Waals surface area contributed by atoms with Gasteiger partial charge in [0.15, 0.2) is 0 Å². The third kappa shape index (κ3) is 2.52. The molecule has 1 atom stereocenters. The normalized spacial score (nSPS) is 11.8. The molecule has 2 aromatic rings. The van der Waals surface area contributed by atoms with Crippen molar-refractivity contribution < 1.29 is 9.84 Å². The van der Waals surface area contributed by atoms with Crippen LogP contribution < -0.4 is 4.74 Å². The summed E-state index contributed by atoms with van der Waals surface area (Å²) in [5.74, 6) is 0.694. The van der Waals surface area contributed by atoms with Gasteiger partial charge >= 0.3 is 0 Å². The summed E-state index contributed by atoms with van der Waals surface area (Å²) in [5.41, 5.74) is 4.06. The molecule has 102 valence electrons. The van der Waals surface area contributed by atoms with Crippen LogP contribution in [0, 0.1) is 25.2 Å². The summed E-state index contributed by atoms with van der Waals surface area (Å²) in [6.45, 7) is 3.97. The van der Waals surface area contributed by atoms with Gasteiger partial charge in [0, 0.05) is 5.56 Å². The van der Waals surface area contributed by atoms with Crippen molar-refractivity contribution in [3.8, 4) is 11.8 Å². The lowest BCUT2D eigenvalue weighted by Gasteiger charge is -2.18. The highest BCUT2D eigenvalue weighted by Crippen LogP contribution is 2.34. The van der Waals surface area contributed by atoms with Gasteiger partial charge in [0.1, 0.15) is 11.9 Å². The zero-order valence-corrected chi connectivity index (χ0v) is 11.8. The van der Waals surface area contributed by atoms with Crippen LogP contribution in [0.3, 0.4) is 0 Å². The fraction of sp³-hybridized carbons (Fsp3) is 0.235. The summed E-state index contributed by atoms with van der Waals surface area (Å²) < 4.78 is 5.43. The monoisotopic (exact) mass is 267 g/mol. The molecule has 3 heteroatoms. The van der Waals surface area contributed by atoms with E-state index in [2.05, 4.69) is 6.07 Å². The number of aryl methyl sites for hydroxylation is 1. The summed E-state index contributed by atoms with van der Waals surface area (Å²) in [4.78, 5) is 0. The Morgan fingerprint density at radius 1 is 1.20 bits per heavy atom. The first kappa shape index (κ1) is 14.1. The molecule has 1 N–H and O–H groups in total. The molecule has 0 aromatic heterocycles. The zero-order chi connectivity index (χ0) is 14.7. The second-order valence-corrected chi connectivity index (χ2v) is 4.77. The molecule has 2 rings (SSSR count). The Morgan fingerprint density at radius 2 is 1.95 bits per heavy atom. The Kier molecular flexibility index (Phi) is 4.07. The molecular weight excluding hydrogens is 250 g/mol. The van der Waals surface area contributed by atoms with Crippen molar-refractivity contribution in [3.05, 3.63) is 64.2 Å². The number of ether oxygens (including phenoxy) is 1. The molecule has 0 radical (unpaired) electrons. The van der Waals surface area contributed by atoms with E-state index in [1.807, 2.05) is 26.0 Å². The minimum atomic E-state index is -0.808. The second-order valence-electron chi connectivity index (χ2n) is 4.77. The molecule has 0 spiro atoms. The fourth-order valence-electron chi connectivity index (χ4n) is 2.26. The first-order chi connectivity index (χ1) is 9.58. The van der Waals surface area contributed by atoms with Crippen LogP contribution in [-0.4, -0.2) is 12.2 Å². The molecule has 0 saturated heterocycles. The van der Waals surface area contributed by atoms with Gasteiger partial charge in [-0.25, -0.2) is 0 Å². The van der Waals surface area contributed by atoms with E-state index < -0.39 is 6.10 Å². The molecule has 0 bridgehead atoms. The van der Waals surface area contributed by atoms with Crippen molar-refractivity contribution in [2.45, 2.75) is 20.0 Å². The molecule has 0 amide bonds. The standard InChI is InChI=1S/C17H17NO2/c1-11-7-8-15(17(20-3)12(11)2)16(19)14-6-4-5-13(9-14)10-18/h4-9,16,19H,1-3H3. The molecule has 2 aromatic carbocycles. The maximum absolute atomic E-state index is 10.5. The van der Waals surface area contributed by atoms with Crippen molar-refractivity contribution in [3.63, 3.8) is 0 Å². The van der Waals surface area contributed by atoms with E-state index in [1.54, 1.807) is 31.4 Å². The van der Waals surface area contributed by atoms with Gasteiger partial charge in [-0.15, -0.1) is 0 Å². The van der Waals surface area contributed by atoms with Crippen molar-refractivity contribution in [1.29, 1.82) is 5.26 Å². The molecule has 20 heavy (non-hydrogen) atoms. The van der Waals surface area contributed by atoms with Crippen molar-refractivity contribution in [2.24, 2.45) is 0 Å². The highest BCUT2D eigenvalue weighted by atomic mass is 16.5. The smallest absolute Gasteiger partial charge is 0.128 e. The van der Waals surface area contributed by atoms with Gasteiger partial charge in [0.05, 0.1) is 18.7 Å². The molecule has 3 nitrogen and oxygen atoms in total. The summed E-state index contributed by atoms with van der Waals surface area (Å²) >= 11 is 0. The van der Waals surface area contributed by atoms with E-state index in [1.165, 1.54) is 0 Å². The van der Waals surface area contributed by atoms with Crippen molar-refractivity contribution in [1.82, 2.24) is 0 Å². The number of nitrogens with zero attached hydrogens (tertiary/aromatic N) is 1. The van der Waals surface area contributed by atoms with Gasteiger partial charge in [-0.1, -0.05) is 24.3 Å². The Bertz CT molecular complexity index is 671. The molecule has 0 saturated carbocycles. The van der Waals surface area contributed by atoms with E-state index in [0.29, 0.717) is 22.4 Å². The van der Waals surface area contributed by atoms with E-state index in [-0.39, 0.29) is 0 Å². The van der Waals surface area contributed by atoms with Crippen LogP contribution >= 0.6 is 0 Å². The number of hydrogen-bond donors (Lipinski definition) is 1. The summed E-state index contributed by atoms with van der Waals surface area (Å²) in [7, 11) is 1.60. The van der Waals surface area contributed by atoms with Crippen molar-refractivity contribution >= 4 is 0 Å². The lowest BCUT2D eigenvalue weighted by Crippen LogP contribution is -2.04. The third-order valence-electron chi connectivity index (χ3n) is 3.54. The molecule has 0 aliphatic heterocycles. The van der Waals surface area contributed by atoms with Crippen LogP contribution in [0.1, 0.15) is 33.9 Å². The van der Waals surface area contributed by atoms with Crippen LogP contribution in [0.25, 0.3) is 0 Å². The lowest BCUT2D eigenvalue weighted by molar-refractivity contribution is 0.214. The van der Waals surface area contributed by atoms with Crippen LogP contribution in [0.4, 0.5) is 0 Å². The Hall–Kier alpha value is -2.31. The number of benzene rings is 2. The molecule has 0 aliphatic rings. The average molecular weight is 267 g/mol. The number of rotatable bonds is 3. The predicted octanol–water partition coefficient (Wildman–Crippen LogP) is 3.27. The van der Waals surface area contributed by atoms with Gasteiger partial charge in [0.25, 0.3) is 0 Å². The van der Waals surface area contributed by atoms with E-state index in [9.17, 15) is 5.11 Å². The van der Waals surface area contributed by atoms with Crippen LogP contribution in [0.15, 0.2) is 36.4 Å². The molecule has 1 unspecified atom stereocenters. The minimum absolute atomic E-state index is 0.532. The summed E-state index contributed by atoms with van der Waals surface area (Å²) in [6, 6.07) is 12.9. The van der Waals surface area contributed by atoms with Crippen LogP contribution in [-0.2, 0) is 0 Å².